The maximum atomic E-state index is 8.99. The smallest absolute Gasteiger partial charge is 0.136 e. The highest BCUT2D eigenvalue weighted by Gasteiger charge is 2.13. The number of hydrogen-bond donors (Lipinski definition) is 0. The third-order valence-electron chi connectivity index (χ3n) is 3.67. The molecule has 26 heavy (non-hydrogen) atoms. The topological polar surface area (TPSA) is 13.1 Å². The number of halogens is 1. The summed E-state index contributed by atoms with van der Waals surface area (Å²) in [5.74, 6) is 0. The van der Waals surface area contributed by atoms with Crippen LogP contribution in [0.25, 0.3) is 44.2 Å². The van der Waals surface area contributed by atoms with Gasteiger partial charge in [-0.05, 0) is 46.4 Å². The molecule has 124 valence electrons. The lowest BCUT2D eigenvalue weighted by Gasteiger charge is -2.07. The van der Waals surface area contributed by atoms with Gasteiger partial charge in [-0.3, -0.25) is 0 Å². The molecule has 2 heteroatoms. The van der Waals surface area contributed by atoms with Gasteiger partial charge in [0.1, 0.15) is 11.2 Å². The lowest BCUT2D eigenvalue weighted by atomic mass is 9.96. The van der Waals surface area contributed by atoms with E-state index in [0.717, 1.165) is 0 Å². The van der Waals surface area contributed by atoms with Gasteiger partial charge in [0.05, 0.1) is 20.6 Å². The van der Waals surface area contributed by atoms with Crippen molar-refractivity contribution in [1.29, 1.82) is 0 Å². The van der Waals surface area contributed by atoms with E-state index in [-0.39, 0.29) is 16.4 Å². The van der Waals surface area contributed by atoms with Gasteiger partial charge in [0, 0.05) is 21.8 Å². The summed E-state index contributed by atoms with van der Waals surface area (Å²) < 4.78 is 131. The molecular weight excluding hydrogens is 340 g/mol. The Morgan fingerprint density at radius 2 is 1.42 bits per heavy atom. The Balaban J connectivity index is 2.09. The maximum Gasteiger partial charge on any atom is 0.136 e. The molecule has 0 radical (unpaired) electrons. The molecule has 1 aromatic heterocycles. The number of hydrogen-bond acceptors (Lipinski definition) is 1. The van der Waals surface area contributed by atoms with Crippen LogP contribution in [0.5, 0.6) is 0 Å². The second kappa shape index (κ2) is 6.05. The van der Waals surface area contributed by atoms with Gasteiger partial charge >= 0.3 is 0 Å². The minimum absolute atomic E-state index is 0.263. The molecule has 0 atom stereocenters. The Kier molecular flexibility index (Phi) is 1.46. The average Bonchev–Trinajstić information content (AvgIpc) is 3.34. The first-order valence-electron chi connectivity index (χ1n) is 14.8. The summed E-state index contributed by atoms with van der Waals surface area (Å²) in [5, 5.41) is -0.966. The van der Waals surface area contributed by atoms with Crippen LogP contribution in [0.1, 0.15) is 20.6 Å². The molecule has 0 saturated carbocycles. The molecule has 0 bridgehead atoms. The summed E-state index contributed by atoms with van der Waals surface area (Å²) in [5.41, 5.74) is -2.96. The molecule has 0 N–H and O–H groups in total. The predicted molar refractivity (Wildman–Crippen MR) is 110 cm³/mol. The van der Waals surface area contributed by atoms with Crippen molar-refractivity contribution in [1.82, 2.24) is 0 Å². The van der Waals surface area contributed by atoms with Gasteiger partial charge in [0.15, 0.2) is 0 Å². The van der Waals surface area contributed by atoms with Crippen LogP contribution in [0.3, 0.4) is 0 Å². The van der Waals surface area contributed by atoms with E-state index in [1.165, 1.54) is 0 Å². The van der Waals surface area contributed by atoms with Gasteiger partial charge in [-0.2, -0.15) is 0 Å². The number of fused-ring (bicyclic) bond motifs is 3. The van der Waals surface area contributed by atoms with Crippen LogP contribution in [-0.4, -0.2) is 0 Å². The van der Waals surface area contributed by atoms with Crippen molar-refractivity contribution in [2.45, 2.75) is 0 Å². The third-order valence-corrected chi connectivity index (χ3v) is 3.86. The maximum absolute atomic E-state index is 8.99. The Morgan fingerprint density at radius 3 is 2.31 bits per heavy atom. The van der Waals surface area contributed by atoms with Crippen LogP contribution >= 0.6 is 11.6 Å². The minimum Gasteiger partial charge on any atom is -0.456 e. The molecule has 0 fully saturated rings. The fourth-order valence-corrected chi connectivity index (χ4v) is 2.72. The highest BCUT2D eigenvalue weighted by molar-refractivity contribution is 6.31. The quantitative estimate of drug-likeness (QED) is 0.312. The predicted octanol–water partition coefficient (Wildman–Crippen LogP) is 7.57. The first-order chi connectivity index (χ1) is 19.1. The lowest BCUT2D eigenvalue weighted by molar-refractivity contribution is 0.669. The van der Waals surface area contributed by atoms with Crippen LogP contribution in [-0.2, 0) is 0 Å². The molecule has 0 unspecified atom stereocenters. The van der Waals surface area contributed by atoms with Gasteiger partial charge in [-0.1, -0.05) is 72.0 Å². The Morgan fingerprint density at radius 1 is 0.654 bits per heavy atom. The van der Waals surface area contributed by atoms with Crippen LogP contribution in [0.4, 0.5) is 0 Å². The Hall–Kier alpha value is -3.03. The summed E-state index contributed by atoms with van der Waals surface area (Å²) >= 11 is 6.03. The monoisotopic (exact) mass is 369 g/mol. The molecule has 0 aliphatic carbocycles. The minimum atomic E-state index is -0.823. The molecule has 1 heterocycles. The van der Waals surface area contributed by atoms with Gasteiger partial charge in [-0.25, -0.2) is 0 Å². The van der Waals surface area contributed by atoms with E-state index >= 15 is 0 Å². The van der Waals surface area contributed by atoms with E-state index in [9.17, 15) is 0 Å². The van der Waals surface area contributed by atoms with Crippen molar-refractivity contribution in [3.05, 3.63) is 95.7 Å². The van der Waals surface area contributed by atoms with Crippen molar-refractivity contribution in [3.63, 3.8) is 0 Å². The highest BCUT2D eigenvalue weighted by Crippen LogP contribution is 2.38. The number of rotatable bonds is 2. The van der Waals surface area contributed by atoms with E-state index < -0.39 is 123 Å². The molecule has 0 amide bonds. The van der Waals surface area contributed by atoms with Crippen molar-refractivity contribution in [3.8, 4) is 22.3 Å². The molecule has 5 aromatic rings. The molecular formula is C24H15ClO. The fraction of sp³-hybridized carbons (Fsp3) is 0. The summed E-state index contributed by atoms with van der Waals surface area (Å²) in [6, 6.07) is -10.7. The zero-order chi connectivity index (χ0) is 30.6. The van der Waals surface area contributed by atoms with Crippen molar-refractivity contribution in [2.24, 2.45) is 0 Å². The van der Waals surface area contributed by atoms with E-state index in [0.29, 0.717) is 0 Å². The molecule has 4 aromatic carbocycles. The highest BCUT2D eigenvalue weighted by atomic mass is 35.5. The summed E-state index contributed by atoms with van der Waals surface area (Å²) in [6.07, 6.45) is 0. The van der Waals surface area contributed by atoms with Crippen LogP contribution in [0.2, 0.25) is 5.02 Å². The molecule has 0 spiro atoms. The average molecular weight is 370 g/mol. The second-order valence-corrected chi connectivity index (χ2v) is 5.58. The van der Waals surface area contributed by atoms with Crippen molar-refractivity contribution < 1.29 is 25.0 Å². The summed E-state index contributed by atoms with van der Waals surface area (Å²) in [6.45, 7) is 0. The summed E-state index contributed by atoms with van der Waals surface area (Å²) in [4.78, 5) is 0. The largest absolute Gasteiger partial charge is 0.456 e. The molecule has 0 saturated heterocycles. The Labute approximate surface area is 177 Å². The fourth-order valence-electron chi connectivity index (χ4n) is 2.58. The molecule has 1 nitrogen and oxygen atoms in total. The number of furan rings is 1. The van der Waals surface area contributed by atoms with Gasteiger partial charge in [0.2, 0.25) is 0 Å². The van der Waals surface area contributed by atoms with E-state index in [1.807, 2.05) is 0 Å². The van der Waals surface area contributed by atoms with Crippen LogP contribution < -0.4 is 0 Å². The zero-order valence-corrected chi connectivity index (χ0v) is 13.5. The SMILES string of the molecule is [2H]c1c([2H])c([2H])c(-c2c([2H])c([2H])c([2H])c(-c3c([2H])c([2H])c([2H])c4oc5c([2H])c(Cl)c([2H])c([2H])c5c34)c2[2H])c([2H])c1[2H]. The molecule has 5 rings (SSSR count). The third kappa shape index (κ3) is 2.49. The van der Waals surface area contributed by atoms with Gasteiger partial charge in [0.25, 0.3) is 0 Å². The van der Waals surface area contributed by atoms with E-state index in [2.05, 4.69) is 0 Å². The van der Waals surface area contributed by atoms with E-state index in [1.54, 1.807) is 0 Å². The van der Waals surface area contributed by atoms with Crippen molar-refractivity contribution >= 4 is 33.5 Å². The standard InChI is InChI=1S/C24H15ClO/c25-19-12-13-21-23(15-19)26-22-11-5-10-20(24(21)22)18-9-4-8-17(14-18)16-6-2-1-3-7-16/h1-15H/i1D,2D,3D,4D,5D,6D,7D,8D,9D,10D,11D,12D,13D,14D,15D. The first kappa shape index (κ1) is 6.29. The summed E-state index contributed by atoms with van der Waals surface area (Å²) in [7, 11) is 0. The van der Waals surface area contributed by atoms with Gasteiger partial charge in [-0.15, -0.1) is 0 Å². The van der Waals surface area contributed by atoms with E-state index in [4.69, 9.17) is 36.6 Å². The zero-order valence-electron chi connectivity index (χ0n) is 27.8. The molecule has 0 aliphatic rings. The van der Waals surface area contributed by atoms with Crippen LogP contribution in [0.15, 0.2) is 95.1 Å². The first-order valence-corrected chi connectivity index (χ1v) is 7.73. The second-order valence-electron chi connectivity index (χ2n) is 5.20. The van der Waals surface area contributed by atoms with Gasteiger partial charge < -0.3 is 4.42 Å². The van der Waals surface area contributed by atoms with Crippen LogP contribution in [0, 0.1) is 0 Å². The molecule has 0 aliphatic heterocycles. The van der Waals surface area contributed by atoms with Crippen molar-refractivity contribution in [2.75, 3.05) is 0 Å². The lowest BCUT2D eigenvalue weighted by Crippen LogP contribution is -1.82. The Bertz CT molecular complexity index is 1990. The normalized spacial score (nSPS) is 19.3. The number of benzene rings is 4.